The van der Waals surface area contributed by atoms with Crippen LogP contribution >= 0.6 is 0 Å². The van der Waals surface area contributed by atoms with E-state index in [-0.39, 0.29) is 18.7 Å². The van der Waals surface area contributed by atoms with Crippen molar-refractivity contribution in [1.82, 2.24) is 0 Å². The second kappa shape index (κ2) is 6.43. The van der Waals surface area contributed by atoms with Gasteiger partial charge in [0, 0.05) is 6.61 Å². The molecule has 1 fully saturated rings. The average molecular weight is 200 g/mol. The van der Waals surface area contributed by atoms with E-state index in [9.17, 15) is 4.79 Å². The van der Waals surface area contributed by atoms with Crippen LogP contribution in [-0.4, -0.2) is 31.9 Å². The third-order valence-electron chi connectivity index (χ3n) is 1.87. The van der Waals surface area contributed by atoms with Crippen LogP contribution in [-0.2, 0) is 19.0 Å². The van der Waals surface area contributed by atoms with Gasteiger partial charge in [-0.15, -0.1) is 0 Å². The number of carbonyl (C=O) groups excluding carboxylic acids is 1. The van der Waals surface area contributed by atoms with Crippen molar-refractivity contribution >= 4 is 5.97 Å². The van der Waals surface area contributed by atoms with Crippen LogP contribution in [0.4, 0.5) is 0 Å². The van der Waals surface area contributed by atoms with Gasteiger partial charge in [0.1, 0.15) is 13.2 Å². The van der Waals surface area contributed by atoms with Gasteiger partial charge in [0.15, 0.2) is 6.10 Å². The van der Waals surface area contributed by atoms with Crippen LogP contribution < -0.4 is 0 Å². The fraction of sp³-hybridized carbons (Fsp3) is 0.700. The maximum absolute atomic E-state index is 11.3. The third kappa shape index (κ3) is 3.79. The molecule has 0 aromatic carbocycles. The lowest BCUT2D eigenvalue weighted by Gasteiger charge is -2.08. The Bertz CT molecular complexity index is 194. The van der Waals surface area contributed by atoms with Crippen molar-refractivity contribution in [1.29, 1.82) is 0 Å². The van der Waals surface area contributed by atoms with Gasteiger partial charge in [-0.05, 0) is 19.8 Å². The zero-order chi connectivity index (χ0) is 10.2. The van der Waals surface area contributed by atoms with Crippen molar-refractivity contribution in [3.05, 3.63) is 12.3 Å². The molecule has 1 aliphatic heterocycles. The molecule has 1 aliphatic rings. The topological polar surface area (TPSA) is 44.8 Å². The van der Waals surface area contributed by atoms with E-state index in [1.165, 1.54) is 0 Å². The monoisotopic (exact) mass is 200 g/mol. The van der Waals surface area contributed by atoms with Gasteiger partial charge in [-0.25, -0.2) is 4.79 Å². The molecule has 0 N–H and O–H groups in total. The molecule has 4 heteroatoms. The van der Waals surface area contributed by atoms with Crippen molar-refractivity contribution in [2.75, 3.05) is 19.8 Å². The van der Waals surface area contributed by atoms with E-state index in [1.807, 2.05) is 6.92 Å². The Balaban J connectivity index is 2.02. The first-order chi connectivity index (χ1) is 6.84. The standard InChI is InChI=1S/C10H16O4/c1-2-5-12-7-8-14-10(11)9-4-3-6-13-9/h2,5,9H,3-4,6-8H2,1H3. The lowest BCUT2D eigenvalue weighted by Crippen LogP contribution is -2.23. The zero-order valence-corrected chi connectivity index (χ0v) is 8.40. The lowest BCUT2D eigenvalue weighted by molar-refractivity contribution is -0.155. The number of rotatable bonds is 5. The molecule has 0 bridgehead atoms. The summed E-state index contributed by atoms with van der Waals surface area (Å²) in [5, 5.41) is 0. The molecule has 14 heavy (non-hydrogen) atoms. The summed E-state index contributed by atoms with van der Waals surface area (Å²) in [7, 11) is 0. The Morgan fingerprint density at radius 3 is 3.07 bits per heavy atom. The number of esters is 1. The van der Waals surface area contributed by atoms with Gasteiger partial charge < -0.3 is 14.2 Å². The SMILES string of the molecule is CC=COCCOC(=O)C1CCCO1. The fourth-order valence-electron chi connectivity index (χ4n) is 1.21. The van der Waals surface area contributed by atoms with Crippen molar-refractivity contribution in [3.8, 4) is 0 Å². The molecule has 80 valence electrons. The van der Waals surface area contributed by atoms with Crippen LogP contribution in [0.5, 0.6) is 0 Å². The van der Waals surface area contributed by atoms with Gasteiger partial charge in [0.05, 0.1) is 6.26 Å². The second-order valence-corrected chi connectivity index (χ2v) is 3.01. The van der Waals surface area contributed by atoms with Crippen molar-refractivity contribution in [2.45, 2.75) is 25.9 Å². The van der Waals surface area contributed by atoms with Crippen LogP contribution in [0, 0.1) is 0 Å². The molecule has 1 heterocycles. The summed E-state index contributed by atoms with van der Waals surface area (Å²) < 4.78 is 15.1. The Kier molecular flexibility index (Phi) is 5.07. The molecule has 0 aromatic heterocycles. The highest BCUT2D eigenvalue weighted by Crippen LogP contribution is 2.12. The third-order valence-corrected chi connectivity index (χ3v) is 1.87. The van der Waals surface area contributed by atoms with Crippen LogP contribution in [0.2, 0.25) is 0 Å². The van der Waals surface area contributed by atoms with E-state index in [0.29, 0.717) is 13.2 Å². The van der Waals surface area contributed by atoms with E-state index in [4.69, 9.17) is 14.2 Å². The molecule has 1 unspecified atom stereocenters. The second-order valence-electron chi connectivity index (χ2n) is 3.01. The summed E-state index contributed by atoms with van der Waals surface area (Å²) in [5.41, 5.74) is 0. The van der Waals surface area contributed by atoms with E-state index in [1.54, 1.807) is 12.3 Å². The molecule has 0 aliphatic carbocycles. The summed E-state index contributed by atoms with van der Waals surface area (Å²) in [4.78, 5) is 11.3. The van der Waals surface area contributed by atoms with Crippen LogP contribution in [0.15, 0.2) is 12.3 Å². The maximum Gasteiger partial charge on any atom is 0.335 e. The average Bonchev–Trinajstić information content (AvgIpc) is 2.70. The smallest absolute Gasteiger partial charge is 0.335 e. The summed E-state index contributed by atoms with van der Waals surface area (Å²) in [6, 6.07) is 0. The predicted molar refractivity (Wildman–Crippen MR) is 50.7 cm³/mol. The normalized spacial score (nSPS) is 21.4. The largest absolute Gasteiger partial charge is 0.498 e. The molecular weight excluding hydrogens is 184 g/mol. The van der Waals surface area contributed by atoms with E-state index >= 15 is 0 Å². The Morgan fingerprint density at radius 1 is 1.57 bits per heavy atom. The summed E-state index contributed by atoms with van der Waals surface area (Å²) in [6.07, 6.45) is 4.71. The quantitative estimate of drug-likeness (QED) is 0.381. The van der Waals surface area contributed by atoms with Crippen LogP contribution in [0.3, 0.4) is 0 Å². The van der Waals surface area contributed by atoms with Gasteiger partial charge >= 0.3 is 5.97 Å². The van der Waals surface area contributed by atoms with Gasteiger partial charge in [-0.1, -0.05) is 6.08 Å². The van der Waals surface area contributed by atoms with Gasteiger partial charge in [-0.3, -0.25) is 0 Å². The fourth-order valence-corrected chi connectivity index (χ4v) is 1.21. The van der Waals surface area contributed by atoms with E-state index < -0.39 is 0 Å². The minimum Gasteiger partial charge on any atom is -0.498 e. The minimum absolute atomic E-state index is 0.272. The highest BCUT2D eigenvalue weighted by atomic mass is 16.6. The first-order valence-corrected chi connectivity index (χ1v) is 4.85. The molecule has 0 amide bonds. The highest BCUT2D eigenvalue weighted by molar-refractivity contribution is 5.74. The van der Waals surface area contributed by atoms with Crippen molar-refractivity contribution in [3.63, 3.8) is 0 Å². The highest BCUT2D eigenvalue weighted by Gasteiger charge is 2.24. The predicted octanol–water partition coefficient (Wildman–Crippen LogP) is 1.26. The van der Waals surface area contributed by atoms with Crippen LogP contribution in [0.1, 0.15) is 19.8 Å². The first kappa shape index (κ1) is 11.0. The molecule has 4 nitrogen and oxygen atoms in total. The first-order valence-electron chi connectivity index (χ1n) is 4.85. The summed E-state index contributed by atoms with van der Waals surface area (Å²) in [5.74, 6) is -0.272. The molecule has 1 saturated heterocycles. The van der Waals surface area contributed by atoms with Gasteiger partial charge in [0.2, 0.25) is 0 Å². The molecule has 0 aromatic rings. The number of ether oxygens (including phenoxy) is 3. The van der Waals surface area contributed by atoms with Crippen molar-refractivity contribution in [2.24, 2.45) is 0 Å². The zero-order valence-electron chi connectivity index (χ0n) is 8.40. The van der Waals surface area contributed by atoms with Gasteiger partial charge in [-0.2, -0.15) is 0 Å². The molecule has 0 spiro atoms. The number of allylic oxidation sites excluding steroid dienone is 1. The minimum atomic E-state index is -0.350. The Hall–Kier alpha value is -1.03. The molecule has 1 rings (SSSR count). The maximum atomic E-state index is 11.3. The number of hydrogen-bond acceptors (Lipinski definition) is 4. The molecule has 0 saturated carbocycles. The van der Waals surface area contributed by atoms with E-state index in [2.05, 4.69) is 0 Å². The molecule has 1 atom stereocenters. The number of hydrogen-bond donors (Lipinski definition) is 0. The Morgan fingerprint density at radius 2 is 2.43 bits per heavy atom. The van der Waals surface area contributed by atoms with Crippen molar-refractivity contribution < 1.29 is 19.0 Å². The van der Waals surface area contributed by atoms with Gasteiger partial charge in [0.25, 0.3) is 0 Å². The summed E-state index contributed by atoms with van der Waals surface area (Å²) in [6.45, 7) is 3.19. The van der Waals surface area contributed by atoms with E-state index in [0.717, 1.165) is 12.8 Å². The Labute approximate surface area is 83.8 Å². The molecule has 0 radical (unpaired) electrons. The van der Waals surface area contributed by atoms with Crippen LogP contribution in [0.25, 0.3) is 0 Å². The molecular formula is C10H16O4. The number of carbonyl (C=O) groups is 1. The summed E-state index contributed by atoms with van der Waals surface area (Å²) >= 11 is 0. The lowest BCUT2D eigenvalue weighted by atomic mass is 10.2.